The first kappa shape index (κ1) is 16.0. The Morgan fingerprint density at radius 2 is 2.05 bits per heavy atom. The van der Waals surface area contributed by atoms with Crippen LogP contribution in [0.1, 0.15) is 46.5 Å². The van der Waals surface area contributed by atoms with E-state index in [-0.39, 0.29) is 29.7 Å². The first-order chi connectivity index (χ1) is 8.82. The number of rotatable bonds is 7. The van der Waals surface area contributed by atoms with Crippen molar-refractivity contribution in [3.63, 3.8) is 0 Å². The molecule has 0 radical (unpaired) electrons. The van der Waals surface area contributed by atoms with Crippen molar-refractivity contribution in [1.82, 2.24) is 10.6 Å². The average Bonchev–Trinajstić information content (AvgIpc) is 2.73. The Morgan fingerprint density at radius 1 is 1.37 bits per heavy atom. The molecule has 1 saturated heterocycles. The van der Waals surface area contributed by atoms with Crippen molar-refractivity contribution in [3.8, 4) is 0 Å². The lowest BCUT2D eigenvalue weighted by molar-refractivity contribution is -0.137. The van der Waals surface area contributed by atoms with Crippen molar-refractivity contribution < 1.29 is 14.7 Å². The molecule has 1 amide bonds. The fourth-order valence-electron chi connectivity index (χ4n) is 2.44. The molecule has 1 rings (SSSR count). The summed E-state index contributed by atoms with van der Waals surface area (Å²) in [4.78, 5) is 22.5. The quantitative estimate of drug-likeness (QED) is 0.653. The van der Waals surface area contributed by atoms with Gasteiger partial charge in [-0.2, -0.15) is 0 Å². The van der Waals surface area contributed by atoms with E-state index in [9.17, 15) is 9.59 Å². The van der Waals surface area contributed by atoms with E-state index in [4.69, 9.17) is 5.11 Å². The van der Waals surface area contributed by atoms with Gasteiger partial charge >= 0.3 is 5.97 Å². The van der Waals surface area contributed by atoms with Crippen molar-refractivity contribution in [2.75, 3.05) is 13.1 Å². The molecular weight excluding hydrogens is 244 g/mol. The van der Waals surface area contributed by atoms with Crippen LogP contribution in [0.5, 0.6) is 0 Å². The number of hydrogen-bond donors (Lipinski definition) is 3. The number of carbonyl (C=O) groups excluding carboxylic acids is 1. The number of hydrogen-bond acceptors (Lipinski definition) is 3. The molecule has 1 aliphatic heterocycles. The van der Waals surface area contributed by atoms with Gasteiger partial charge in [0, 0.05) is 19.0 Å². The lowest BCUT2D eigenvalue weighted by Gasteiger charge is -2.24. The van der Waals surface area contributed by atoms with Gasteiger partial charge < -0.3 is 15.7 Å². The van der Waals surface area contributed by atoms with Crippen LogP contribution in [-0.4, -0.2) is 36.1 Å². The van der Waals surface area contributed by atoms with Gasteiger partial charge in [-0.1, -0.05) is 13.8 Å². The summed E-state index contributed by atoms with van der Waals surface area (Å²) in [6.45, 7) is 7.65. The minimum Gasteiger partial charge on any atom is -0.481 e. The van der Waals surface area contributed by atoms with Crippen LogP contribution in [0, 0.1) is 11.3 Å². The zero-order chi connectivity index (χ0) is 14.5. The van der Waals surface area contributed by atoms with E-state index in [2.05, 4.69) is 10.6 Å². The van der Waals surface area contributed by atoms with Crippen LogP contribution < -0.4 is 10.6 Å². The third-order valence-electron chi connectivity index (χ3n) is 3.98. The summed E-state index contributed by atoms with van der Waals surface area (Å²) in [7, 11) is 0. The van der Waals surface area contributed by atoms with Crippen LogP contribution in [0.15, 0.2) is 0 Å². The van der Waals surface area contributed by atoms with Gasteiger partial charge in [-0.3, -0.25) is 9.59 Å². The topological polar surface area (TPSA) is 78.4 Å². The molecule has 0 bridgehead atoms. The van der Waals surface area contributed by atoms with Crippen molar-refractivity contribution in [1.29, 1.82) is 0 Å². The molecule has 2 unspecified atom stereocenters. The molecule has 0 saturated carbocycles. The van der Waals surface area contributed by atoms with E-state index >= 15 is 0 Å². The molecule has 1 aliphatic rings. The van der Waals surface area contributed by atoms with Gasteiger partial charge in [-0.05, 0) is 38.1 Å². The normalized spacial score (nSPS) is 23.3. The van der Waals surface area contributed by atoms with E-state index in [0.717, 1.165) is 19.4 Å². The summed E-state index contributed by atoms with van der Waals surface area (Å²) in [6.07, 6.45) is 2.53. The molecule has 0 spiro atoms. The number of nitrogens with one attached hydrogen (secondary N) is 2. The van der Waals surface area contributed by atoms with Gasteiger partial charge in [0.25, 0.3) is 0 Å². The molecule has 3 N–H and O–H groups in total. The Labute approximate surface area is 115 Å². The van der Waals surface area contributed by atoms with Crippen LogP contribution in [0.2, 0.25) is 0 Å². The summed E-state index contributed by atoms with van der Waals surface area (Å²) in [6, 6.07) is 0.250. The van der Waals surface area contributed by atoms with Crippen molar-refractivity contribution >= 4 is 11.9 Å². The van der Waals surface area contributed by atoms with E-state index in [1.54, 1.807) is 0 Å². The zero-order valence-electron chi connectivity index (χ0n) is 12.2. The fraction of sp³-hybridized carbons (Fsp3) is 0.857. The van der Waals surface area contributed by atoms with Crippen LogP contribution in [0.4, 0.5) is 0 Å². The summed E-state index contributed by atoms with van der Waals surface area (Å²) < 4.78 is 0. The highest BCUT2D eigenvalue weighted by molar-refractivity contribution is 5.79. The molecule has 0 aromatic heterocycles. The maximum absolute atomic E-state index is 12.0. The molecule has 5 heteroatoms. The summed E-state index contributed by atoms with van der Waals surface area (Å²) in [5.41, 5.74) is -0.0504. The molecule has 0 aliphatic carbocycles. The Hall–Kier alpha value is -1.10. The van der Waals surface area contributed by atoms with Crippen molar-refractivity contribution in [3.05, 3.63) is 0 Å². The van der Waals surface area contributed by atoms with Gasteiger partial charge in [-0.15, -0.1) is 0 Å². The Kier molecular flexibility index (Phi) is 5.79. The van der Waals surface area contributed by atoms with Gasteiger partial charge in [0.15, 0.2) is 0 Å². The van der Waals surface area contributed by atoms with Gasteiger partial charge in [0.05, 0.1) is 5.92 Å². The second-order valence-electron chi connectivity index (χ2n) is 6.24. The van der Waals surface area contributed by atoms with Crippen molar-refractivity contribution in [2.24, 2.45) is 11.3 Å². The number of amides is 1. The highest BCUT2D eigenvalue weighted by atomic mass is 16.4. The number of carboxylic acids is 1. The highest BCUT2D eigenvalue weighted by Gasteiger charge is 2.29. The molecule has 0 aromatic rings. The van der Waals surface area contributed by atoms with E-state index in [1.807, 2.05) is 20.8 Å². The Balaban J connectivity index is 2.25. The number of carbonyl (C=O) groups is 2. The maximum atomic E-state index is 12.0. The predicted molar refractivity (Wildman–Crippen MR) is 73.8 cm³/mol. The predicted octanol–water partition coefficient (Wildman–Crippen LogP) is 1.38. The summed E-state index contributed by atoms with van der Waals surface area (Å²) in [5, 5.41) is 14.9. The molecule has 1 heterocycles. The molecule has 2 atom stereocenters. The lowest BCUT2D eigenvalue weighted by atomic mass is 9.84. The molecular formula is C14H26N2O3. The van der Waals surface area contributed by atoms with Gasteiger partial charge in [0.2, 0.25) is 5.91 Å². The van der Waals surface area contributed by atoms with E-state index < -0.39 is 5.97 Å². The van der Waals surface area contributed by atoms with E-state index in [1.165, 1.54) is 0 Å². The fourth-order valence-corrected chi connectivity index (χ4v) is 2.44. The molecule has 19 heavy (non-hydrogen) atoms. The Morgan fingerprint density at radius 3 is 2.58 bits per heavy atom. The lowest BCUT2D eigenvalue weighted by Crippen LogP contribution is -2.38. The second-order valence-corrected chi connectivity index (χ2v) is 6.24. The molecule has 1 fully saturated rings. The largest absolute Gasteiger partial charge is 0.481 e. The maximum Gasteiger partial charge on any atom is 0.303 e. The second kappa shape index (κ2) is 6.89. The minimum atomic E-state index is -0.761. The van der Waals surface area contributed by atoms with Crippen LogP contribution in [0.25, 0.3) is 0 Å². The molecule has 5 nitrogen and oxygen atoms in total. The first-order valence-electron chi connectivity index (χ1n) is 7.05. The highest BCUT2D eigenvalue weighted by Crippen LogP contribution is 2.26. The third-order valence-corrected chi connectivity index (χ3v) is 3.98. The standard InChI is InChI=1S/C14H26N2O3/c1-10-11(5-8-15-10)13(19)16-9-7-14(2,3)6-4-12(17)18/h10-11,15H,4-9H2,1-3H3,(H,16,19)(H,17,18). The number of carboxylic acid groups (broad SMARTS) is 1. The van der Waals surface area contributed by atoms with Crippen molar-refractivity contribution in [2.45, 2.75) is 52.5 Å². The Bertz CT molecular complexity index is 329. The summed E-state index contributed by atoms with van der Waals surface area (Å²) in [5.74, 6) is -0.573. The summed E-state index contributed by atoms with van der Waals surface area (Å²) >= 11 is 0. The third kappa shape index (κ3) is 5.59. The number of aliphatic carboxylic acids is 1. The average molecular weight is 270 g/mol. The first-order valence-corrected chi connectivity index (χ1v) is 7.05. The van der Waals surface area contributed by atoms with E-state index in [0.29, 0.717) is 13.0 Å². The van der Waals surface area contributed by atoms with Crippen LogP contribution in [0.3, 0.4) is 0 Å². The molecule has 110 valence electrons. The zero-order valence-corrected chi connectivity index (χ0v) is 12.2. The SMILES string of the molecule is CC1NCCC1C(=O)NCCC(C)(C)CCC(=O)O. The monoisotopic (exact) mass is 270 g/mol. The van der Waals surface area contributed by atoms with Gasteiger partial charge in [-0.25, -0.2) is 0 Å². The smallest absolute Gasteiger partial charge is 0.303 e. The van der Waals surface area contributed by atoms with Crippen LogP contribution >= 0.6 is 0 Å². The van der Waals surface area contributed by atoms with Crippen LogP contribution in [-0.2, 0) is 9.59 Å². The minimum absolute atomic E-state index is 0.0504. The van der Waals surface area contributed by atoms with Gasteiger partial charge in [0.1, 0.15) is 0 Å². The molecule has 0 aromatic carbocycles.